The summed E-state index contributed by atoms with van der Waals surface area (Å²) in [5, 5.41) is 3.27. The second-order valence-corrected chi connectivity index (χ2v) is 4.80. The summed E-state index contributed by atoms with van der Waals surface area (Å²) < 4.78 is 13.6. The summed E-state index contributed by atoms with van der Waals surface area (Å²) in [6.45, 7) is 1.95. The van der Waals surface area contributed by atoms with Gasteiger partial charge in [-0.2, -0.15) is 0 Å². The van der Waals surface area contributed by atoms with Gasteiger partial charge >= 0.3 is 0 Å². The minimum Gasteiger partial charge on any atom is -0.317 e. The molecule has 1 aliphatic heterocycles. The van der Waals surface area contributed by atoms with Gasteiger partial charge in [-0.25, -0.2) is 4.39 Å². The van der Waals surface area contributed by atoms with E-state index < -0.39 is 0 Å². The molecule has 98 valence electrons. The van der Waals surface area contributed by atoms with Crippen molar-refractivity contribution in [3.63, 3.8) is 0 Å². The Morgan fingerprint density at radius 2 is 2.06 bits per heavy atom. The number of amides is 1. The van der Waals surface area contributed by atoms with Crippen LogP contribution in [0.4, 0.5) is 10.1 Å². The quantitative estimate of drug-likeness (QED) is 0.891. The summed E-state index contributed by atoms with van der Waals surface area (Å²) in [7, 11) is 1.64. The Morgan fingerprint density at radius 1 is 1.39 bits per heavy atom. The van der Waals surface area contributed by atoms with Crippen molar-refractivity contribution in [1.82, 2.24) is 5.32 Å². The molecule has 1 amide bonds. The first-order chi connectivity index (χ1) is 8.68. The highest BCUT2D eigenvalue weighted by Crippen LogP contribution is 2.21. The zero-order chi connectivity index (χ0) is 13.0. The summed E-state index contributed by atoms with van der Waals surface area (Å²) in [4.78, 5) is 13.5. The normalized spacial score (nSPS) is 16.6. The third-order valence-corrected chi connectivity index (χ3v) is 3.51. The molecule has 0 radical (unpaired) electrons. The van der Waals surface area contributed by atoms with Gasteiger partial charge < -0.3 is 10.2 Å². The lowest BCUT2D eigenvalue weighted by Crippen LogP contribution is -2.33. The van der Waals surface area contributed by atoms with Crippen LogP contribution in [0.15, 0.2) is 24.3 Å². The molecule has 1 N–H and O–H groups in total. The number of para-hydroxylation sites is 1. The maximum Gasteiger partial charge on any atom is 0.227 e. The molecule has 0 spiro atoms. The van der Waals surface area contributed by atoms with E-state index in [0.29, 0.717) is 18.0 Å². The fraction of sp³-hybridized carbons (Fsp3) is 0.500. The van der Waals surface area contributed by atoms with Crippen molar-refractivity contribution in [2.75, 3.05) is 25.0 Å². The molecule has 18 heavy (non-hydrogen) atoms. The molecule has 0 atom stereocenters. The van der Waals surface area contributed by atoms with Gasteiger partial charge in [0.15, 0.2) is 0 Å². The van der Waals surface area contributed by atoms with Crippen LogP contribution in [0.2, 0.25) is 0 Å². The number of hydrogen-bond acceptors (Lipinski definition) is 2. The predicted octanol–water partition coefficient (Wildman–Crippen LogP) is 2.18. The van der Waals surface area contributed by atoms with Crippen molar-refractivity contribution in [3.8, 4) is 0 Å². The summed E-state index contributed by atoms with van der Waals surface area (Å²) in [6.07, 6.45) is 2.56. The number of carbonyl (C=O) groups excluding carboxylic acids is 1. The number of carbonyl (C=O) groups is 1. The van der Waals surface area contributed by atoms with Crippen LogP contribution >= 0.6 is 0 Å². The Balaban J connectivity index is 1.98. The van der Waals surface area contributed by atoms with Gasteiger partial charge in [-0.05, 0) is 44.0 Å². The minimum absolute atomic E-state index is 0.00741. The molecule has 4 heteroatoms. The molecule has 1 heterocycles. The third kappa shape index (κ3) is 3.07. The van der Waals surface area contributed by atoms with Gasteiger partial charge in [-0.3, -0.25) is 4.79 Å². The first-order valence-electron chi connectivity index (χ1n) is 6.40. The Labute approximate surface area is 107 Å². The van der Waals surface area contributed by atoms with Crippen LogP contribution in [0.5, 0.6) is 0 Å². The van der Waals surface area contributed by atoms with Crippen LogP contribution in [0, 0.1) is 11.7 Å². The SMILES string of the molecule is CN(C(=O)CC1CCNCC1)c1ccccc1F. The molecule has 1 fully saturated rings. The molecule has 0 saturated carbocycles. The highest BCUT2D eigenvalue weighted by atomic mass is 19.1. The van der Waals surface area contributed by atoms with Gasteiger partial charge in [0.2, 0.25) is 5.91 Å². The Hall–Kier alpha value is -1.42. The topological polar surface area (TPSA) is 32.3 Å². The lowest BCUT2D eigenvalue weighted by Gasteiger charge is -2.25. The van der Waals surface area contributed by atoms with E-state index in [1.54, 1.807) is 25.2 Å². The van der Waals surface area contributed by atoms with Crippen molar-refractivity contribution < 1.29 is 9.18 Å². The van der Waals surface area contributed by atoms with E-state index in [2.05, 4.69) is 5.32 Å². The summed E-state index contributed by atoms with van der Waals surface area (Å²) in [5.74, 6) is 0.0682. The average Bonchev–Trinajstić information content (AvgIpc) is 2.39. The number of hydrogen-bond donors (Lipinski definition) is 1. The largest absolute Gasteiger partial charge is 0.317 e. The minimum atomic E-state index is -0.348. The number of anilines is 1. The van der Waals surface area contributed by atoms with E-state index in [1.807, 2.05) is 0 Å². The van der Waals surface area contributed by atoms with E-state index >= 15 is 0 Å². The lowest BCUT2D eigenvalue weighted by atomic mass is 9.94. The van der Waals surface area contributed by atoms with Crippen LogP contribution < -0.4 is 10.2 Å². The number of nitrogens with one attached hydrogen (secondary N) is 1. The smallest absolute Gasteiger partial charge is 0.227 e. The molecule has 0 unspecified atom stereocenters. The molecule has 0 aliphatic carbocycles. The summed E-state index contributed by atoms with van der Waals surface area (Å²) in [6, 6.07) is 6.38. The first-order valence-corrected chi connectivity index (χ1v) is 6.40. The Kier molecular flexibility index (Phi) is 4.31. The van der Waals surface area contributed by atoms with Crippen LogP contribution in [-0.4, -0.2) is 26.0 Å². The number of halogens is 1. The predicted molar refractivity (Wildman–Crippen MR) is 70.0 cm³/mol. The van der Waals surface area contributed by atoms with Gasteiger partial charge in [0.25, 0.3) is 0 Å². The molecule has 1 aliphatic rings. The molecular weight excluding hydrogens is 231 g/mol. The molecule has 1 saturated heterocycles. The molecule has 1 aromatic carbocycles. The summed E-state index contributed by atoms with van der Waals surface area (Å²) in [5.41, 5.74) is 0.358. The third-order valence-electron chi connectivity index (χ3n) is 3.51. The van der Waals surface area contributed by atoms with Gasteiger partial charge in [0, 0.05) is 13.5 Å². The van der Waals surface area contributed by atoms with Crippen LogP contribution in [0.25, 0.3) is 0 Å². The second-order valence-electron chi connectivity index (χ2n) is 4.80. The number of benzene rings is 1. The fourth-order valence-electron chi connectivity index (χ4n) is 2.33. The molecule has 1 aromatic rings. The Bertz CT molecular complexity index is 416. The zero-order valence-corrected chi connectivity index (χ0v) is 10.7. The highest BCUT2D eigenvalue weighted by Gasteiger charge is 2.20. The number of rotatable bonds is 3. The van der Waals surface area contributed by atoms with E-state index in [4.69, 9.17) is 0 Å². The maximum absolute atomic E-state index is 13.6. The first kappa shape index (κ1) is 13.0. The van der Waals surface area contributed by atoms with Gasteiger partial charge in [-0.15, -0.1) is 0 Å². The van der Waals surface area contributed by atoms with Crippen molar-refractivity contribution >= 4 is 11.6 Å². The van der Waals surface area contributed by atoms with Gasteiger partial charge in [-0.1, -0.05) is 12.1 Å². The second kappa shape index (κ2) is 5.96. The lowest BCUT2D eigenvalue weighted by molar-refractivity contribution is -0.119. The van der Waals surface area contributed by atoms with Crippen molar-refractivity contribution in [2.45, 2.75) is 19.3 Å². The van der Waals surface area contributed by atoms with E-state index in [0.717, 1.165) is 25.9 Å². The summed E-state index contributed by atoms with van der Waals surface area (Å²) >= 11 is 0. The standard InChI is InChI=1S/C14H19FN2O/c1-17(13-5-3-2-4-12(13)15)14(18)10-11-6-8-16-9-7-11/h2-5,11,16H,6-10H2,1H3. The maximum atomic E-state index is 13.6. The zero-order valence-electron chi connectivity index (χ0n) is 10.7. The fourth-order valence-corrected chi connectivity index (χ4v) is 2.33. The molecule has 3 nitrogen and oxygen atoms in total. The average molecular weight is 250 g/mol. The Morgan fingerprint density at radius 3 is 2.72 bits per heavy atom. The van der Waals surface area contributed by atoms with Gasteiger partial charge in [0.05, 0.1) is 5.69 Å². The monoisotopic (exact) mass is 250 g/mol. The van der Waals surface area contributed by atoms with Crippen LogP contribution in [0.3, 0.4) is 0 Å². The van der Waals surface area contributed by atoms with Crippen molar-refractivity contribution in [3.05, 3.63) is 30.1 Å². The van der Waals surface area contributed by atoms with E-state index in [1.165, 1.54) is 11.0 Å². The van der Waals surface area contributed by atoms with Crippen molar-refractivity contribution in [1.29, 1.82) is 0 Å². The number of nitrogens with zero attached hydrogens (tertiary/aromatic N) is 1. The number of piperidine rings is 1. The van der Waals surface area contributed by atoms with E-state index in [-0.39, 0.29) is 11.7 Å². The van der Waals surface area contributed by atoms with Crippen LogP contribution in [0.1, 0.15) is 19.3 Å². The molecule has 2 rings (SSSR count). The highest BCUT2D eigenvalue weighted by molar-refractivity contribution is 5.93. The molecular formula is C14H19FN2O. The van der Waals surface area contributed by atoms with Crippen LogP contribution in [-0.2, 0) is 4.79 Å². The van der Waals surface area contributed by atoms with E-state index in [9.17, 15) is 9.18 Å². The molecule has 0 aromatic heterocycles. The van der Waals surface area contributed by atoms with Crippen molar-refractivity contribution in [2.24, 2.45) is 5.92 Å². The van der Waals surface area contributed by atoms with Gasteiger partial charge in [0.1, 0.15) is 5.82 Å². The molecule has 0 bridgehead atoms.